The van der Waals surface area contributed by atoms with Crippen LogP contribution in [0.25, 0.3) is 10.9 Å². The Labute approximate surface area is 105 Å². The molecule has 1 atom stereocenters. The number of nitrogens with one attached hydrogen (secondary N) is 1. The second-order valence-electron chi connectivity index (χ2n) is 4.33. The van der Waals surface area contributed by atoms with Crippen molar-refractivity contribution in [2.45, 2.75) is 12.5 Å². The van der Waals surface area contributed by atoms with E-state index in [0.29, 0.717) is 13.0 Å². The molecule has 2 aromatic rings. The van der Waals surface area contributed by atoms with E-state index in [4.69, 9.17) is 10.8 Å². The minimum atomic E-state index is -0.963. The van der Waals surface area contributed by atoms with E-state index in [1.54, 1.807) is 0 Å². The van der Waals surface area contributed by atoms with Gasteiger partial charge in [0.05, 0.1) is 5.69 Å². The fraction of sp³-hybridized carbons (Fsp3) is 0.308. The zero-order valence-electron chi connectivity index (χ0n) is 10.3. The predicted molar refractivity (Wildman–Crippen MR) is 71.6 cm³/mol. The van der Waals surface area contributed by atoms with Crippen molar-refractivity contribution < 1.29 is 9.90 Å². The van der Waals surface area contributed by atoms with Crippen LogP contribution in [0.5, 0.6) is 0 Å². The number of nitrogens with two attached hydrogens (primary N) is 1. The summed E-state index contributed by atoms with van der Waals surface area (Å²) in [7, 11) is 1.98. The van der Waals surface area contributed by atoms with Gasteiger partial charge in [-0.05, 0) is 12.5 Å². The van der Waals surface area contributed by atoms with Crippen molar-refractivity contribution in [1.82, 2.24) is 4.57 Å². The third kappa shape index (κ3) is 2.46. The Morgan fingerprint density at radius 1 is 1.50 bits per heavy atom. The van der Waals surface area contributed by atoms with Gasteiger partial charge in [-0.15, -0.1) is 0 Å². The van der Waals surface area contributed by atoms with Gasteiger partial charge in [0.1, 0.15) is 6.04 Å². The molecule has 0 fully saturated rings. The van der Waals surface area contributed by atoms with Gasteiger partial charge in [0.2, 0.25) is 0 Å². The van der Waals surface area contributed by atoms with Crippen molar-refractivity contribution in [2.24, 2.45) is 12.8 Å². The first-order valence-electron chi connectivity index (χ1n) is 5.86. The van der Waals surface area contributed by atoms with Crippen LogP contribution >= 0.6 is 0 Å². The number of hydrogen-bond donors (Lipinski definition) is 3. The zero-order valence-corrected chi connectivity index (χ0v) is 10.3. The number of aromatic nitrogens is 1. The number of benzene rings is 1. The van der Waals surface area contributed by atoms with Crippen molar-refractivity contribution >= 4 is 22.6 Å². The highest BCUT2D eigenvalue weighted by Crippen LogP contribution is 2.24. The molecule has 0 aliphatic carbocycles. The Balaban J connectivity index is 2.06. The highest BCUT2D eigenvalue weighted by molar-refractivity contribution is 5.92. The Bertz CT molecular complexity index is 562. The molecule has 0 radical (unpaired) electrons. The molecule has 18 heavy (non-hydrogen) atoms. The topological polar surface area (TPSA) is 80.3 Å². The normalized spacial score (nSPS) is 12.6. The van der Waals surface area contributed by atoms with Gasteiger partial charge >= 0.3 is 5.97 Å². The Kier molecular flexibility index (Phi) is 3.53. The van der Waals surface area contributed by atoms with Gasteiger partial charge in [0.15, 0.2) is 0 Å². The van der Waals surface area contributed by atoms with Gasteiger partial charge in [-0.2, -0.15) is 0 Å². The fourth-order valence-corrected chi connectivity index (χ4v) is 1.97. The van der Waals surface area contributed by atoms with Crippen LogP contribution in [0.15, 0.2) is 30.5 Å². The van der Waals surface area contributed by atoms with Crippen LogP contribution in [0.4, 0.5) is 5.69 Å². The van der Waals surface area contributed by atoms with E-state index in [9.17, 15) is 4.79 Å². The van der Waals surface area contributed by atoms with Crippen molar-refractivity contribution in [2.75, 3.05) is 11.9 Å². The van der Waals surface area contributed by atoms with Crippen molar-refractivity contribution in [3.8, 4) is 0 Å². The van der Waals surface area contributed by atoms with Crippen molar-refractivity contribution in [1.29, 1.82) is 0 Å². The van der Waals surface area contributed by atoms with Crippen molar-refractivity contribution in [3.05, 3.63) is 30.5 Å². The van der Waals surface area contributed by atoms with Crippen LogP contribution in [0, 0.1) is 0 Å². The van der Waals surface area contributed by atoms with Crippen molar-refractivity contribution in [3.63, 3.8) is 0 Å². The van der Waals surface area contributed by atoms with Gasteiger partial charge in [0, 0.05) is 30.7 Å². The van der Waals surface area contributed by atoms with Gasteiger partial charge in [-0.1, -0.05) is 18.2 Å². The summed E-state index contributed by atoms with van der Waals surface area (Å²) in [5.74, 6) is -0.963. The summed E-state index contributed by atoms with van der Waals surface area (Å²) >= 11 is 0. The Hall–Kier alpha value is -2.01. The number of fused-ring (bicyclic) bond motifs is 1. The number of aryl methyl sites for hydroxylation is 1. The van der Waals surface area contributed by atoms with E-state index >= 15 is 0 Å². The first-order valence-corrected chi connectivity index (χ1v) is 5.86. The van der Waals surface area contributed by atoms with Crippen LogP contribution in [0.2, 0.25) is 0 Å². The summed E-state index contributed by atoms with van der Waals surface area (Å²) in [6, 6.07) is 7.24. The monoisotopic (exact) mass is 247 g/mol. The highest BCUT2D eigenvalue weighted by Gasteiger charge is 2.11. The number of carbonyl (C=O) groups is 1. The Morgan fingerprint density at radius 2 is 2.22 bits per heavy atom. The molecular weight excluding hydrogens is 230 g/mol. The SMILES string of the molecule is Cn1cc(NCCC(N)C(=O)O)c2ccccc21. The molecule has 1 heterocycles. The van der Waals surface area contributed by atoms with Gasteiger partial charge in [-0.3, -0.25) is 4.79 Å². The third-order valence-electron chi connectivity index (χ3n) is 2.98. The maximum atomic E-state index is 10.6. The lowest BCUT2D eigenvalue weighted by atomic mass is 10.2. The molecule has 0 saturated carbocycles. The van der Waals surface area contributed by atoms with E-state index in [1.807, 2.05) is 42.1 Å². The van der Waals surface area contributed by atoms with E-state index in [0.717, 1.165) is 16.6 Å². The summed E-state index contributed by atoms with van der Waals surface area (Å²) < 4.78 is 2.04. The fourth-order valence-electron chi connectivity index (χ4n) is 1.97. The lowest BCUT2D eigenvalue weighted by Gasteiger charge is -2.07. The average molecular weight is 247 g/mol. The summed E-state index contributed by atoms with van der Waals surface area (Å²) in [6.07, 6.45) is 2.40. The predicted octanol–water partition coefficient (Wildman–Crippen LogP) is 1.39. The van der Waals surface area contributed by atoms with E-state index < -0.39 is 12.0 Å². The zero-order chi connectivity index (χ0) is 13.1. The number of carboxylic acid groups (broad SMARTS) is 1. The average Bonchev–Trinajstić information content (AvgIpc) is 2.67. The molecule has 0 aliphatic rings. The molecule has 0 saturated heterocycles. The van der Waals surface area contributed by atoms with Crippen LogP contribution in [0.1, 0.15) is 6.42 Å². The first kappa shape index (κ1) is 12.4. The summed E-state index contributed by atoms with van der Waals surface area (Å²) in [5, 5.41) is 13.1. The molecule has 1 aromatic carbocycles. The number of nitrogens with zero attached hydrogens (tertiary/aromatic N) is 1. The summed E-state index contributed by atoms with van der Waals surface area (Å²) in [4.78, 5) is 10.6. The molecule has 1 unspecified atom stereocenters. The first-order chi connectivity index (χ1) is 8.59. The van der Waals surface area contributed by atoms with E-state index in [-0.39, 0.29) is 0 Å². The lowest BCUT2D eigenvalue weighted by Crippen LogP contribution is -2.32. The van der Waals surface area contributed by atoms with Crippen LogP contribution in [0.3, 0.4) is 0 Å². The quantitative estimate of drug-likeness (QED) is 0.746. The molecule has 0 bridgehead atoms. The van der Waals surface area contributed by atoms with Gasteiger partial charge in [0.25, 0.3) is 0 Å². The molecule has 5 nitrogen and oxygen atoms in total. The van der Waals surface area contributed by atoms with Crippen LogP contribution in [-0.4, -0.2) is 28.2 Å². The minimum Gasteiger partial charge on any atom is -0.480 e. The standard InChI is InChI=1S/C13H17N3O2/c1-16-8-11(9-4-2-3-5-12(9)16)15-7-6-10(14)13(17)18/h2-5,8,10,15H,6-7,14H2,1H3,(H,17,18). The van der Waals surface area contributed by atoms with E-state index in [2.05, 4.69) is 5.32 Å². The molecule has 4 N–H and O–H groups in total. The molecule has 0 amide bonds. The summed E-state index contributed by atoms with van der Waals surface area (Å²) in [5.41, 5.74) is 7.60. The number of para-hydroxylation sites is 1. The number of carboxylic acids is 1. The Morgan fingerprint density at radius 3 is 2.94 bits per heavy atom. The second-order valence-corrected chi connectivity index (χ2v) is 4.33. The molecule has 96 valence electrons. The summed E-state index contributed by atoms with van der Waals surface area (Å²) in [6.45, 7) is 0.543. The molecule has 2 rings (SSSR count). The minimum absolute atomic E-state index is 0.401. The molecule has 0 spiro atoms. The van der Waals surface area contributed by atoms with E-state index in [1.165, 1.54) is 0 Å². The van der Waals surface area contributed by atoms with Gasteiger partial charge < -0.3 is 20.7 Å². The molecule has 0 aliphatic heterocycles. The number of rotatable bonds is 5. The molecule has 5 heteroatoms. The third-order valence-corrected chi connectivity index (χ3v) is 2.98. The number of hydrogen-bond acceptors (Lipinski definition) is 3. The van der Waals surface area contributed by atoms with Crippen LogP contribution < -0.4 is 11.1 Å². The number of aliphatic carboxylic acids is 1. The second kappa shape index (κ2) is 5.10. The molecule has 1 aromatic heterocycles. The van der Waals surface area contributed by atoms with Crippen LogP contribution in [-0.2, 0) is 11.8 Å². The molecular formula is C13H17N3O2. The highest BCUT2D eigenvalue weighted by atomic mass is 16.4. The number of anilines is 1. The lowest BCUT2D eigenvalue weighted by molar-refractivity contribution is -0.138. The van der Waals surface area contributed by atoms with Gasteiger partial charge in [-0.25, -0.2) is 0 Å². The largest absolute Gasteiger partial charge is 0.480 e. The maximum Gasteiger partial charge on any atom is 0.320 e. The smallest absolute Gasteiger partial charge is 0.320 e. The maximum absolute atomic E-state index is 10.6.